The van der Waals surface area contributed by atoms with Gasteiger partial charge in [-0.15, -0.1) is 12.6 Å². The van der Waals surface area contributed by atoms with Gasteiger partial charge in [0.25, 0.3) is 0 Å². The largest absolute Gasteiger partial charge is 0.364 e. The van der Waals surface area contributed by atoms with Crippen LogP contribution < -0.4 is 0 Å². The van der Waals surface area contributed by atoms with Crippen molar-refractivity contribution in [3.8, 4) is 0 Å². The number of hydrogen-bond acceptors (Lipinski definition) is 5. The second-order valence-corrected chi connectivity index (χ2v) is 8.17. The second kappa shape index (κ2) is 14.3. The molecule has 0 spiro atoms. The van der Waals surface area contributed by atoms with E-state index < -0.39 is 0 Å². The van der Waals surface area contributed by atoms with Crippen molar-refractivity contribution in [1.82, 2.24) is 14.7 Å². The Bertz CT molecular complexity index is 276. The summed E-state index contributed by atoms with van der Waals surface area (Å²) in [5.74, 6) is 0. The first-order valence-corrected chi connectivity index (χ1v) is 8.59. The average molecular weight is 427 g/mol. The molecule has 0 heterocycles. The van der Waals surface area contributed by atoms with E-state index in [2.05, 4.69) is 24.8 Å². The van der Waals surface area contributed by atoms with E-state index in [1.165, 1.54) is 21.6 Å². The van der Waals surface area contributed by atoms with Crippen molar-refractivity contribution >= 4 is 83.8 Å². The van der Waals surface area contributed by atoms with E-state index >= 15 is 0 Å². The summed E-state index contributed by atoms with van der Waals surface area (Å²) in [6, 6.07) is 0. The molecule has 0 aliphatic carbocycles. The van der Waals surface area contributed by atoms with Crippen LogP contribution in [0.3, 0.4) is 0 Å². The molecule has 108 valence electrons. The summed E-state index contributed by atoms with van der Waals surface area (Å²) in [5, 5.41) is 0. The fraction of sp³-hybridized carbons (Fsp3) is 0.667. The zero-order valence-electron chi connectivity index (χ0n) is 12.0. The maximum absolute atomic E-state index is 5.07. The maximum atomic E-state index is 5.07. The maximum Gasteiger partial charge on any atom is 0.146 e. The van der Waals surface area contributed by atoms with Gasteiger partial charge in [-0.2, -0.15) is 0 Å². The van der Waals surface area contributed by atoms with Crippen LogP contribution in [0.2, 0.25) is 0 Å². The normalized spacial score (nSPS) is 8.37. The van der Waals surface area contributed by atoms with Crippen molar-refractivity contribution in [1.29, 1.82) is 0 Å². The number of rotatable bonds is 0. The van der Waals surface area contributed by atoms with Gasteiger partial charge in [-0.3, -0.25) is 0 Å². The summed E-state index contributed by atoms with van der Waals surface area (Å²) in [5.41, 5.74) is 0. The first-order valence-electron chi connectivity index (χ1n) is 4.76. The average Bonchev–Trinajstić information content (AvgIpc) is 2.25. The smallest absolute Gasteiger partial charge is 0.146 e. The minimum atomic E-state index is 0. The van der Waals surface area contributed by atoms with Crippen LogP contribution in [-0.2, 0) is 19.5 Å². The molecule has 0 aromatic heterocycles. The van der Waals surface area contributed by atoms with E-state index in [1.54, 1.807) is 4.90 Å². The van der Waals surface area contributed by atoms with E-state index in [9.17, 15) is 0 Å². The molecule has 0 amide bonds. The Kier molecular flexibility index (Phi) is 19.0. The monoisotopic (exact) mass is 425 g/mol. The van der Waals surface area contributed by atoms with Crippen LogP contribution in [0.4, 0.5) is 0 Å². The molecule has 0 saturated carbocycles. The van der Waals surface area contributed by atoms with Gasteiger partial charge in [0.2, 0.25) is 0 Å². The van der Waals surface area contributed by atoms with Crippen molar-refractivity contribution in [2.75, 3.05) is 42.3 Å². The molecule has 3 nitrogen and oxygen atoms in total. The van der Waals surface area contributed by atoms with E-state index in [0.717, 1.165) is 8.64 Å². The van der Waals surface area contributed by atoms with Gasteiger partial charge in [0.1, 0.15) is 13.0 Å². The van der Waals surface area contributed by atoms with E-state index in [-0.39, 0.29) is 19.5 Å². The molecule has 0 aliphatic rings. The fourth-order valence-corrected chi connectivity index (χ4v) is 2.60. The van der Waals surface area contributed by atoms with Crippen LogP contribution in [0.5, 0.6) is 0 Å². The van der Waals surface area contributed by atoms with Gasteiger partial charge in [-0.1, -0.05) is 36.7 Å². The topological polar surface area (TPSA) is 9.72 Å². The summed E-state index contributed by atoms with van der Waals surface area (Å²) in [6.07, 6.45) is 0. The molecule has 0 fully saturated rings. The standard InChI is InChI=1S/C6H12N2S4.C3H7NS2.Zn/c1-7(2)5(9)11-12-6(10)8(3)4;1-4(2)3(5)6;/h1-4H3;1-2H3,(H,5,6);. The first kappa shape index (κ1) is 25.3. The van der Waals surface area contributed by atoms with E-state index in [4.69, 9.17) is 24.4 Å². The van der Waals surface area contributed by atoms with Crippen LogP contribution in [0, 0.1) is 0 Å². The molecule has 0 aromatic rings. The number of thiocarbonyl (C=S) groups is 3. The third kappa shape index (κ3) is 17.3. The number of thiol groups is 1. The molecule has 0 saturated heterocycles. The molecule has 0 aliphatic heterocycles. The Labute approximate surface area is 159 Å². The van der Waals surface area contributed by atoms with Gasteiger partial charge in [-0.05, 0) is 21.6 Å². The summed E-state index contributed by atoms with van der Waals surface area (Å²) < 4.78 is 2.29. The molecule has 0 atom stereocenters. The molecule has 10 heteroatoms. The summed E-state index contributed by atoms with van der Waals surface area (Å²) in [7, 11) is 14.4. The Morgan fingerprint density at radius 3 is 1.05 bits per heavy atom. The molecule has 0 radical (unpaired) electrons. The molecular formula is C9H19N3S6Zn. The Morgan fingerprint density at radius 1 is 0.737 bits per heavy atom. The number of nitrogens with zero attached hydrogens (tertiary/aromatic N) is 3. The predicted octanol–water partition coefficient (Wildman–Crippen LogP) is 2.82. The first-order chi connectivity index (χ1) is 8.09. The molecular weight excluding hydrogens is 408 g/mol. The van der Waals surface area contributed by atoms with Crippen LogP contribution in [0.1, 0.15) is 0 Å². The van der Waals surface area contributed by atoms with Gasteiger partial charge in [0.15, 0.2) is 0 Å². The Hall–Kier alpha value is 1.34. The predicted molar refractivity (Wildman–Crippen MR) is 103 cm³/mol. The quantitative estimate of drug-likeness (QED) is 0.270. The van der Waals surface area contributed by atoms with Crippen molar-refractivity contribution in [2.24, 2.45) is 0 Å². The van der Waals surface area contributed by atoms with Gasteiger partial charge in [0.05, 0.1) is 0 Å². The third-order valence-corrected chi connectivity index (χ3v) is 6.22. The second-order valence-electron chi connectivity index (χ2n) is 3.66. The van der Waals surface area contributed by atoms with E-state index in [0.29, 0.717) is 4.32 Å². The molecule has 0 bridgehead atoms. The zero-order valence-corrected chi connectivity index (χ0v) is 20.0. The summed E-state index contributed by atoms with van der Waals surface area (Å²) in [6.45, 7) is 0. The van der Waals surface area contributed by atoms with Crippen LogP contribution in [0.15, 0.2) is 0 Å². The molecule has 0 N–H and O–H groups in total. The molecule has 19 heavy (non-hydrogen) atoms. The Balaban J connectivity index is -0.000000313. The van der Waals surface area contributed by atoms with Gasteiger partial charge in [0, 0.05) is 61.8 Å². The fourth-order valence-electron chi connectivity index (χ4n) is 0.220. The Morgan fingerprint density at radius 2 is 0.947 bits per heavy atom. The molecule has 0 rings (SSSR count). The summed E-state index contributed by atoms with van der Waals surface area (Å²) in [4.78, 5) is 5.55. The third-order valence-electron chi connectivity index (χ3n) is 1.30. The zero-order chi connectivity index (χ0) is 14.9. The van der Waals surface area contributed by atoms with Crippen molar-refractivity contribution in [2.45, 2.75) is 0 Å². The van der Waals surface area contributed by atoms with Crippen molar-refractivity contribution in [3.63, 3.8) is 0 Å². The minimum Gasteiger partial charge on any atom is -0.364 e. The number of hydrogen-bond donors (Lipinski definition) is 1. The molecule has 0 aromatic carbocycles. The van der Waals surface area contributed by atoms with Gasteiger partial charge >= 0.3 is 0 Å². The van der Waals surface area contributed by atoms with Crippen LogP contribution >= 0.6 is 70.9 Å². The van der Waals surface area contributed by atoms with E-state index in [1.807, 2.05) is 52.1 Å². The molecule has 0 unspecified atom stereocenters. The van der Waals surface area contributed by atoms with Crippen LogP contribution in [-0.4, -0.2) is 69.9 Å². The minimum absolute atomic E-state index is 0. The summed E-state index contributed by atoms with van der Waals surface area (Å²) >= 11 is 18.6. The van der Waals surface area contributed by atoms with Crippen molar-refractivity contribution < 1.29 is 19.5 Å². The van der Waals surface area contributed by atoms with Gasteiger partial charge in [-0.25, -0.2) is 0 Å². The SMILES string of the molecule is CN(C)C(=S)S.CN(C)C(=S)SSC(=S)N(C)C.[Zn]. The van der Waals surface area contributed by atoms with Crippen molar-refractivity contribution in [3.05, 3.63) is 0 Å². The van der Waals surface area contributed by atoms with Crippen LogP contribution in [0.25, 0.3) is 0 Å². The van der Waals surface area contributed by atoms with Gasteiger partial charge < -0.3 is 14.7 Å².